The van der Waals surface area contributed by atoms with Gasteiger partial charge in [-0.15, -0.1) is 13.2 Å². The van der Waals surface area contributed by atoms with Gasteiger partial charge in [0, 0.05) is 31.2 Å². The van der Waals surface area contributed by atoms with E-state index in [-0.39, 0.29) is 24.4 Å². The van der Waals surface area contributed by atoms with Gasteiger partial charge in [-0.2, -0.15) is 0 Å². The number of hydrogen-bond donors (Lipinski definition) is 1. The highest BCUT2D eigenvalue weighted by Crippen LogP contribution is 2.46. The van der Waals surface area contributed by atoms with Crippen molar-refractivity contribution in [2.45, 2.75) is 84.9 Å². The Labute approximate surface area is 192 Å². The summed E-state index contributed by atoms with van der Waals surface area (Å²) in [4.78, 5) is 31.7. The molecular weight excluding hydrogens is 439 g/mol. The summed E-state index contributed by atoms with van der Waals surface area (Å²) in [6.45, 7) is 9.96. The third-order valence-corrected chi connectivity index (χ3v) is 6.34. The first-order chi connectivity index (χ1) is 15.2. The van der Waals surface area contributed by atoms with Crippen LogP contribution in [0.2, 0.25) is 0 Å². The quantitative estimate of drug-likeness (QED) is 0.695. The topological polar surface area (TPSA) is 80.8 Å². The van der Waals surface area contributed by atoms with Crippen LogP contribution in [0.3, 0.4) is 0 Å². The number of carbonyl (C=O) groups is 2. The first kappa shape index (κ1) is 25.1. The fraction of sp³-hybridized carbons (Fsp3) is 0.696. The number of nitrogens with one attached hydrogen (secondary N) is 1. The van der Waals surface area contributed by atoms with Crippen LogP contribution in [0.25, 0.3) is 0 Å². The molecule has 0 bridgehead atoms. The van der Waals surface area contributed by atoms with Gasteiger partial charge in [0.15, 0.2) is 0 Å². The first-order valence-corrected chi connectivity index (χ1v) is 11.2. The molecule has 1 aromatic heterocycles. The Hall–Kier alpha value is -2.52. The lowest BCUT2D eigenvalue weighted by Crippen LogP contribution is -2.48. The Kier molecular flexibility index (Phi) is 6.87. The van der Waals surface area contributed by atoms with Gasteiger partial charge in [0.05, 0.1) is 11.6 Å². The van der Waals surface area contributed by atoms with Gasteiger partial charge in [-0.05, 0) is 57.6 Å². The molecule has 0 saturated heterocycles. The van der Waals surface area contributed by atoms with E-state index in [9.17, 15) is 22.8 Å². The van der Waals surface area contributed by atoms with Crippen molar-refractivity contribution in [3.05, 3.63) is 23.5 Å². The zero-order valence-electron chi connectivity index (χ0n) is 19.7. The predicted molar refractivity (Wildman–Crippen MR) is 114 cm³/mol. The van der Waals surface area contributed by atoms with E-state index in [4.69, 9.17) is 4.74 Å². The maximum atomic E-state index is 13.7. The maximum Gasteiger partial charge on any atom is 0.573 e. The van der Waals surface area contributed by atoms with E-state index >= 15 is 0 Å². The number of alkyl carbamates (subject to hydrolysis) is 1. The minimum atomic E-state index is -4.80. The van der Waals surface area contributed by atoms with Gasteiger partial charge in [-0.1, -0.05) is 13.8 Å². The Morgan fingerprint density at radius 1 is 1.27 bits per heavy atom. The zero-order valence-corrected chi connectivity index (χ0v) is 19.7. The summed E-state index contributed by atoms with van der Waals surface area (Å²) in [7, 11) is 0. The summed E-state index contributed by atoms with van der Waals surface area (Å²) >= 11 is 0. The molecular formula is C23H32F3N3O4. The second-order valence-corrected chi connectivity index (χ2v) is 10.2. The van der Waals surface area contributed by atoms with Crippen LogP contribution in [0.5, 0.6) is 5.75 Å². The monoisotopic (exact) mass is 471 g/mol. The average molecular weight is 472 g/mol. The van der Waals surface area contributed by atoms with E-state index in [0.717, 1.165) is 6.20 Å². The summed E-state index contributed by atoms with van der Waals surface area (Å²) < 4.78 is 47.1. The molecule has 0 radical (unpaired) electrons. The Balaban J connectivity index is 1.72. The number of alkyl halides is 3. The molecule has 184 valence electrons. The van der Waals surface area contributed by atoms with E-state index in [1.54, 1.807) is 25.7 Å². The van der Waals surface area contributed by atoms with Crippen molar-refractivity contribution in [2.75, 3.05) is 6.54 Å². The standard InChI is InChI=1S/C23H32F3N3O4/c1-14(2)22(8-6-16(11-22)28-20(31)33-21(3,4)5)19(30)29-9-7-18-15(13-29)10-17(12-27-18)32-23(24,25)26/h10,12,14,16H,6-9,11,13H2,1-5H3,(H,28,31)/t16-,22+/m1/s1. The van der Waals surface area contributed by atoms with Crippen molar-refractivity contribution in [2.24, 2.45) is 11.3 Å². The van der Waals surface area contributed by atoms with Crippen LogP contribution in [0.4, 0.5) is 18.0 Å². The van der Waals surface area contributed by atoms with E-state index in [0.29, 0.717) is 43.5 Å². The molecule has 1 fully saturated rings. The van der Waals surface area contributed by atoms with Crippen molar-refractivity contribution in [1.82, 2.24) is 15.2 Å². The fourth-order valence-corrected chi connectivity index (χ4v) is 4.72. The number of nitrogens with zero attached hydrogens (tertiary/aromatic N) is 2. The number of pyridine rings is 1. The molecule has 3 rings (SSSR count). The number of halogens is 3. The molecule has 2 heterocycles. The van der Waals surface area contributed by atoms with Crippen LogP contribution in [0.15, 0.2) is 12.3 Å². The number of carbonyl (C=O) groups excluding carboxylic acids is 2. The summed E-state index contributed by atoms with van der Waals surface area (Å²) in [5.74, 6) is -0.412. The van der Waals surface area contributed by atoms with Gasteiger partial charge in [-0.3, -0.25) is 9.78 Å². The molecule has 2 aliphatic rings. The van der Waals surface area contributed by atoms with Crippen molar-refractivity contribution in [3.8, 4) is 5.75 Å². The predicted octanol–water partition coefficient (Wildman–Crippen LogP) is 4.58. The summed E-state index contributed by atoms with van der Waals surface area (Å²) in [6.07, 6.45) is -2.04. The third kappa shape index (κ3) is 6.09. The van der Waals surface area contributed by atoms with Crippen molar-refractivity contribution in [1.29, 1.82) is 0 Å². The number of amides is 2. The van der Waals surface area contributed by atoms with E-state index in [1.807, 2.05) is 13.8 Å². The molecule has 7 nitrogen and oxygen atoms in total. The van der Waals surface area contributed by atoms with E-state index in [1.165, 1.54) is 6.07 Å². The van der Waals surface area contributed by atoms with Crippen LogP contribution < -0.4 is 10.1 Å². The Bertz CT molecular complexity index is 898. The molecule has 1 aromatic rings. The molecule has 1 aliphatic carbocycles. The van der Waals surface area contributed by atoms with Crippen LogP contribution in [-0.4, -0.2) is 46.4 Å². The third-order valence-electron chi connectivity index (χ3n) is 6.34. The minimum Gasteiger partial charge on any atom is -0.444 e. The van der Waals surface area contributed by atoms with Crippen LogP contribution in [0.1, 0.15) is 65.1 Å². The SMILES string of the molecule is CC(C)[C@]1(C(=O)N2CCc3ncc(OC(F)(F)F)cc3C2)CC[C@@H](NC(=O)OC(C)(C)C)C1. The molecule has 0 unspecified atom stereocenters. The molecule has 0 spiro atoms. The van der Waals surface area contributed by atoms with Gasteiger partial charge < -0.3 is 19.7 Å². The van der Waals surface area contributed by atoms with Crippen molar-refractivity contribution in [3.63, 3.8) is 0 Å². The second-order valence-electron chi connectivity index (χ2n) is 10.2. The zero-order chi connectivity index (χ0) is 24.6. The summed E-state index contributed by atoms with van der Waals surface area (Å²) in [6, 6.07) is 1.12. The van der Waals surface area contributed by atoms with Crippen molar-refractivity contribution < 1.29 is 32.2 Å². The fourth-order valence-electron chi connectivity index (χ4n) is 4.72. The smallest absolute Gasteiger partial charge is 0.444 e. The lowest BCUT2D eigenvalue weighted by Gasteiger charge is -2.39. The molecule has 1 saturated carbocycles. The number of rotatable bonds is 4. The van der Waals surface area contributed by atoms with Gasteiger partial charge in [-0.25, -0.2) is 4.79 Å². The highest BCUT2D eigenvalue weighted by molar-refractivity contribution is 5.84. The van der Waals surface area contributed by atoms with Crippen LogP contribution in [-0.2, 0) is 22.5 Å². The van der Waals surface area contributed by atoms with Crippen LogP contribution >= 0.6 is 0 Å². The first-order valence-electron chi connectivity index (χ1n) is 11.2. The summed E-state index contributed by atoms with van der Waals surface area (Å²) in [5, 5.41) is 2.88. The summed E-state index contributed by atoms with van der Waals surface area (Å²) in [5.41, 5.74) is -0.0536. The number of aromatic nitrogens is 1. The highest BCUT2D eigenvalue weighted by Gasteiger charge is 2.50. The minimum absolute atomic E-state index is 0.0230. The van der Waals surface area contributed by atoms with Crippen LogP contribution in [0, 0.1) is 11.3 Å². The van der Waals surface area contributed by atoms with Gasteiger partial charge in [0.1, 0.15) is 11.4 Å². The molecule has 2 amide bonds. The van der Waals surface area contributed by atoms with Gasteiger partial charge in [0.25, 0.3) is 0 Å². The molecule has 1 N–H and O–H groups in total. The molecule has 1 aliphatic heterocycles. The Morgan fingerprint density at radius 2 is 1.97 bits per heavy atom. The van der Waals surface area contributed by atoms with E-state index < -0.39 is 29.2 Å². The second kappa shape index (κ2) is 9.02. The Morgan fingerprint density at radius 3 is 2.58 bits per heavy atom. The molecule has 10 heteroatoms. The number of fused-ring (bicyclic) bond motifs is 1. The largest absolute Gasteiger partial charge is 0.573 e. The maximum absolute atomic E-state index is 13.7. The van der Waals surface area contributed by atoms with E-state index in [2.05, 4.69) is 15.0 Å². The highest BCUT2D eigenvalue weighted by atomic mass is 19.4. The molecule has 33 heavy (non-hydrogen) atoms. The molecule has 2 atom stereocenters. The van der Waals surface area contributed by atoms with Crippen molar-refractivity contribution >= 4 is 12.0 Å². The average Bonchev–Trinajstić information content (AvgIpc) is 3.09. The normalized spacial score (nSPS) is 23.3. The lowest BCUT2D eigenvalue weighted by molar-refractivity contribution is -0.274. The molecule has 0 aromatic carbocycles. The number of hydrogen-bond acceptors (Lipinski definition) is 5. The van der Waals surface area contributed by atoms with Gasteiger partial charge in [0.2, 0.25) is 5.91 Å². The number of ether oxygens (including phenoxy) is 2. The van der Waals surface area contributed by atoms with Gasteiger partial charge >= 0.3 is 12.5 Å². The lowest BCUT2D eigenvalue weighted by atomic mass is 9.74.